The molecule has 1 fully saturated rings. The Hall–Kier alpha value is -4.28. The Kier molecular flexibility index (Phi) is 8.38. The Labute approximate surface area is 273 Å². The quantitative estimate of drug-likeness (QED) is 0.166. The van der Waals surface area contributed by atoms with Gasteiger partial charge in [-0.25, -0.2) is 4.90 Å². The van der Waals surface area contributed by atoms with E-state index in [0.29, 0.717) is 15.8 Å². The summed E-state index contributed by atoms with van der Waals surface area (Å²) in [4.78, 5) is 56.0. The minimum absolute atomic E-state index is 0.00816. The number of nitrogens with one attached hydrogen (secondary N) is 2. The van der Waals surface area contributed by atoms with Crippen molar-refractivity contribution in [2.45, 2.75) is 28.5 Å². The second-order valence-electron chi connectivity index (χ2n) is 10.4. The molecule has 0 unspecified atom stereocenters. The van der Waals surface area contributed by atoms with Gasteiger partial charge in [-0.05, 0) is 54.6 Å². The zero-order valence-corrected chi connectivity index (χ0v) is 25.6. The molecule has 47 heavy (non-hydrogen) atoms. The molecule has 2 aliphatic rings. The number of rotatable bonds is 6. The van der Waals surface area contributed by atoms with Crippen LogP contribution in [0.3, 0.4) is 0 Å². The van der Waals surface area contributed by atoms with Crippen LogP contribution < -0.4 is 19.8 Å². The highest BCUT2D eigenvalue weighted by molar-refractivity contribution is 8.00. The van der Waals surface area contributed by atoms with Gasteiger partial charge in [-0.3, -0.25) is 19.2 Å². The summed E-state index contributed by atoms with van der Waals surface area (Å²) in [6.45, 7) is -0.695. The number of ether oxygens (including phenoxy) is 1. The number of thiazole rings is 1. The average Bonchev–Trinajstić information content (AvgIpc) is 3.49. The third kappa shape index (κ3) is 6.36. The van der Waals surface area contributed by atoms with Crippen LogP contribution in [0.25, 0.3) is 0 Å². The molecular weight excluding hydrogens is 696 g/mol. The van der Waals surface area contributed by atoms with Crippen molar-refractivity contribution < 1.29 is 45.5 Å². The fraction of sp³-hybridized carbons (Fsp3) is 0.200. The van der Waals surface area contributed by atoms with E-state index in [-0.39, 0.29) is 32.7 Å². The predicted octanol–water partition coefficient (Wildman–Crippen LogP) is 6.94. The molecule has 0 bridgehead atoms. The van der Waals surface area contributed by atoms with Crippen LogP contribution >= 0.6 is 34.7 Å². The second-order valence-corrected chi connectivity index (χ2v) is 13.0. The predicted molar refractivity (Wildman–Crippen MR) is 161 cm³/mol. The lowest BCUT2D eigenvalue weighted by Crippen LogP contribution is -2.32. The molecule has 3 amide bonds. The molecule has 1 aromatic heterocycles. The van der Waals surface area contributed by atoms with E-state index < -0.39 is 69.8 Å². The molecule has 4 aromatic rings. The van der Waals surface area contributed by atoms with Crippen molar-refractivity contribution in [3.63, 3.8) is 0 Å². The van der Waals surface area contributed by atoms with Crippen LogP contribution in [0.2, 0.25) is 5.02 Å². The summed E-state index contributed by atoms with van der Waals surface area (Å²) in [5.74, 6) is -4.71. The van der Waals surface area contributed by atoms with E-state index in [9.17, 15) is 45.5 Å². The van der Waals surface area contributed by atoms with E-state index in [1.54, 1.807) is 0 Å². The molecular formula is C30H18ClF6N3O5S2. The number of hydrogen-bond donors (Lipinski definition) is 2. The van der Waals surface area contributed by atoms with Crippen molar-refractivity contribution in [3.8, 4) is 5.75 Å². The Morgan fingerprint density at radius 2 is 1.60 bits per heavy atom. The summed E-state index contributed by atoms with van der Waals surface area (Å²) in [5, 5.41) is 1.59. The fourth-order valence-electron chi connectivity index (χ4n) is 5.44. The molecule has 3 heterocycles. The smallest absolute Gasteiger partial charge is 0.416 e. The van der Waals surface area contributed by atoms with E-state index in [1.165, 1.54) is 30.3 Å². The number of anilines is 2. The number of aromatic nitrogens is 1. The summed E-state index contributed by atoms with van der Waals surface area (Å²) in [7, 11) is 0. The van der Waals surface area contributed by atoms with Crippen LogP contribution in [0.5, 0.6) is 5.75 Å². The standard InChI is InChI=1S/C30H18ClF6N3O5S2/c31-15-7-8-19(45-12-20(41)38-16-5-1-3-13(9-16)29(32,33)34)18(11-15)21-22-24(46-25-23(21)47-28(44)39-25)27(43)40(26(22)42)17-6-2-4-14(10-17)30(35,36)37/h1-11,21-22,24H,12H2,(H,38,41)(H,39,44)/t21-,22-,24+/m0/s1. The fourth-order valence-corrected chi connectivity index (χ4v) is 8.12. The van der Waals surface area contributed by atoms with Gasteiger partial charge in [-0.2, -0.15) is 26.3 Å². The van der Waals surface area contributed by atoms with E-state index in [0.717, 1.165) is 53.4 Å². The Morgan fingerprint density at radius 1 is 0.915 bits per heavy atom. The third-order valence-electron chi connectivity index (χ3n) is 7.39. The third-order valence-corrected chi connectivity index (χ3v) is 10.0. The highest BCUT2D eigenvalue weighted by atomic mass is 35.5. The molecule has 17 heteroatoms. The lowest BCUT2D eigenvalue weighted by molar-refractivity contribution is -0.138. The van der Waals surface area contributed by atoms with Gasteiger partial charge in [0.15, 0.2) is 6.61 Å². The number of alkyl halides is 6. The van der Waals surface area contributed by atoms with Crippen LogP contribution in [0.1, 0.15) is 27.5 Å². The number of carbonyl (C=O) groups excluding carboxylic acids is 3. The van der Waals surface area contributed by atoms with Gasteiger partial charge in [0.1, 0.15) is 11.0 Å². The summed E-state index contributed by atoms with van der Waals surface area (Å²) in [5.41, 5.74) is -2.26. The Bertz CT molecular complexity index is 1980. The van der Waals surface area contributed by atoms with Gasteiger partial charge in [0.25, 0.3) is 5.91 Å². The number of nitrogens with zero attached hydrogens (tertiary/aromatic N) is 1. The minimum atomic E-state index is -4.74. The van der Waals surface area contributed by atoms with E-state index in [1.807, 2.05) is 0 Å². The molecule has 3 atom stereocenters. The molecule has 3 aromatic carbocycles. The largest absolute Gasteiger partial charge is 0.483 e. The van der Waals surface area contributed by atoms with Gasteiger partial charge in [0.05, 0.1) is 27.8 Å². The maximum absolute atomic E-state index is 14.0. The number of halogens is 7. The first kappa shape index (κ1) is 32.7. The highest BCUT2D eigenvalue weighted by Crippen LogP contribution is 2.55. The summed E-state index contributed by atoms with van der Waals surface area (Å²) >= 11 is 7.98. The molecule has 0 saturated carbocycles. The second kappa shape index (κ2) is 12.1. The molecule has 6 rings (SSSR count). The van der Waals surface area contributed by atoms with Crippen molar-refractivity contribution in [1.29, 1.82) is 0 Å². The van der Waals surface area contributed by atoms with Crippen molar-refractivity contribution in [1.82, 2.24) is 4.98 Å². The van der Waals surface area contributed by atoms with Crippen LogP contribution in [-0.4, -0.2) is 34.6 Å². The number of imide groups is 1. The van der Waals surface area contributed by atoms with Crippen molar-refractivity contribution in [2.24, 2.45) is 5.92 Å². The van der Waals surface area contributed by atoms with Crippen molar-refractivity contribution in [3.05, 3.63) is 103 Å². The SMILES string of the molecule is O=C(COc1ccc(Cl)cc1[C@@H]1c2sc(=O)[nH]c2S[C@H]2C(=O)N(c3cccc(C(F)(F)F)c3)C(=O)[C@@H]12)Nc1cccc(C(F)(F)F)c1. The number of hydrogen-bond acceptors (Lipinski definition) is 7. The van der Waals surface area contributed by atoms with Gasteiger partial charge in [-0.1, -0.05) is 46.8 Å². The van der Waals surface area contributed by atoms with Crippen LogP contribution in [0, 0.1) is 5.92 Å². The number of benzene rings is 3. The number of carbonyl (C=O) groups is 3. The maximum Gasteiger partial charge on any atom is 0.416 e. The summed E-state index contributed by atoms with van der Waals surface area (Å²) in [6.07, 6.45) is -9.38. The average molecular weight is 714 g/mol. The van der Waals surface area contributed by atoms with Gasteiger partial charge in [0.2, 0.25) is 11.8 Å². The molecule has 2 N–H and O–H groups in total. The van der Waals surface area contributed by atoms with Gasteiger partial charge < -0.3 is 15.0 Å². The zero-order chi connectivity index (χ0) is 33.8. The topological polar surface area (TPSA) is 109 Å². The zero-order valence-electron chi connectivity index (χ0n) is 23.2. The van der Waals surface area contributed by atoms with E-state index in [4.69, 9.17) is 16.3 Å². The number of aromatic amines is 1. The minimum Gasteiger partial charge on any atom is -0.483 e. The van der Waals surface area contributed by atoms with E-state index in [2.05, 4.69) is 10.3 Å². The number of thioether (sulfide) groups is 1. The van der Waals surface area contributed by atoms with Crippen LogP contribution in [0.4, 0.5) is 37.7 Å². The van der Waals surface area contributed by atoms with Crippen molar-refractivity contribution in [2.75, 3.05) is 16.8 Å². The number of fused-ring (bicyclic) bond motifs is 2. The first-order valence-corrected chi connectivity index (χ1v) is 15.5. The summed E-state index contributed by atoms with van der Waals surface area (Å²) in [6, 6.07) is 12.0. The molecule has 2 aliphatic heterocycles. The summed E-state index contributed by atoms with van der Waals surface area (Å²) < 4.78 is 85.5. The van der Waals surface area contributed by atoms with Crippen LogP contribution in [-0.2, 0) is 26.7 Å². The molecule has 0 radical (unpaired) electrons. The van der Waals surface area contributed by atoms with Gasteiger partial charge >= 0.3 is 17.2 Å². The first-order chi connectivity index (χ1) is 22.1. The Morgan fingerprint density at radius 3 is 2.30 bits per heavy atom. The monoisotopic (exact) mass is 713 g/mol. The molecule has 0 spiro atoms. The normalized spacial score (nSPS) is 19.4. The Balaban J connectivity index is 1.34. The molecule has 8 nitrogen and oxygen atoms in total. The van der Waals surface area contributed by atoms with E-state index >= 15 is 0 Å². The number of amides is 3. The number of H-pyrrole nitrogens is 1. The molecule has 1 saturated heterocycles. The first-order valence-electron chi connectivity index (χ1n) is 13.5. The van der Waals surface area contributed by atoms with Crippen LogP contribution in [0.15, 0.2) is 76.6 Å². The highest BCUT2D eigenvalue weighted by Gasteiger charge is 2.57. The maximum atomic E-state index is 14.0. The molecule has 244 valence electrons. The van der Waals surface area contributed by atoms with Crippen molar-refractivity contribution >= 4 is 63.8 Å². The molecule has 0 aliphatic carbocycles. The lowest BCUT2D eigenvalue weighted by atomic mass is 9.82. The van der Waals surface area contributed by atoms with Gasteiger partial charge in [0, 0.05) is 27.1 Å². The van der Waals surface area contributed by atoms with Gasteiger partial charge in [-0.15, -0.1) is 0 Å². The lowest BCUT2D eigenvalue weighted by Gasteiger charge is -2.31.